The van der Waals surface area contributed by atoms with E-state index >= 15 is 0 Å². The molecule has 0 unspecified atom stereocenters. The van der Waals surface area contributed by atoms with Crippen LogP contribution >= 0.6 is 0 Å². The fraction of sp³-hybridized carbons (Fsp3) is 0.280. The molecule has 0 aliphatic heterocycles. The van der Waals surface area contributed by atoms with Crippen LogP contribution in [0, 0.1) is 0 Å². The molecule has 184 valence electrons. The van der Waals surface area contributed by atoms with Crippen molar-refractivity contribution in [3.63, 3.8) is 0 Å². The third-order valence-electron chi connectivity index (χ3n) is 5.86. The van der Waals surface area contributed by atoms with Gasteiger partial charge in [0.2, 0.25) is 0 Å². The Kier molecular flexibility index (Phi) is 6.46. The van der Waals surface area contributed by atoms with Crippen LogP contribution in [0.2, 0.25) is 0 Å². The van der Waals surface area contributed by atoms with Crippen molar-refractivity contribution in [2.24, 2.45) is 0 Å². The minimum Gasteiger partial charge on any atom is -0.493 e. The average Bonchev–Trinajstić information content (AvgIpc) is 3.53. The number of esters is 2. The Bertz CT molecular complexity index is 1330. The van der Waals surface area contributed by atoms with Gasteiger partial charge in [0.05, 0.1) is 53.7 Å². The maximum Gasteiger partial charge on any atom is 0.354 e. The van der Waals surface area contributed by atoms with E-state index in [1.165, 1.54) is 28.4 Å². The van der Waals surface area contributed by atoms with E-state index in [2.05, 4.69) is 9.97 Å². The van der Waals surface area contributed by atoms with Crippen LogP contribution in [0.15, 0.2) is 24.3 Å². The smallest absolute Gasteiger partial charge is 0.354 e. The number of carbonyl (C=O) groups excluding carboxylic acids is 2. The number of methoxy groups -OCH3 is 6. The van der Waals surface area contributed by atoms with Gasteiger partial charge in [0.25, 0.3) is 0 Å². The van der Waals surface area contributed by atoms with Gasteiger partial charge in [0.1, 0.15) is 11.4 Å². The number of hydrogen-bond acceptors (Lipinski definition) is 8. The molecule has 2 aromatic heterocycles. The van der Waals surface area contributed by atoms with Gasteiger partial charge in [-0.15, -0.1) is 0 Å². The molecule has 0 saturated heterocycles. The van der Waals surface area contributed by atoms with E-state index < -0.39 is 11.9 Å². The summed E-state index contributed by atoms with van der Waals surface area (Å²) in [4.78, 5) is 30.7. The maximum atomic E-state index is 12.2. The Morgan fingerprint density at radius 3 is 1.34 bits per heavy atom. The first-order valence-electron chi connectivity index (χ1n) is 10.6. The van der Waals surface area contributed by atoms with Gasteiger partial charge < -0.3 is 38.4 Å². The van der Waals surface area contributed by atoms with Crippen molar-refractivity contribution in [1.29, 1.82) is 0 Å². The van der Waals surface area contributed by atoms with Crippen LogP contribution in [0.4, 0.5) is 0 Å². The Labute approximate surface area is 201 Å². The number of carbonyl (C=O) groups is 2. The van der Waals surface area contributed by atoms with E-state index in [-0.39, 0.29) is 11.4 Å². The average molecular weight is 482 g/mol. The molecule has 4 rings (SSSR count). The topological polar surface area (TPSA) is 121 Å². The van der Waals surface area contributed by atoms with Crippen LogP contribution in [-0.2, 0) is 15.9 Å². The van der Waals surface area contributed by atoms with Crippen LogP contribution in [0.25, 0.3) is 21.8 Å². The lowest BCUT2D eigenvalue weighted by atomic mass is 9.99. The first-order valence-corrected chi connectivity index (χ1v) is 10.6. The van der Waals surface area contributed by atoms with Crippen molar-refractivity contribution in [2.45, 2.75) is 6.42 Å². The van der Waals surface area contributed by atoms with Crippen molar-refractivity contribution in [1.82, 2.24) is 9.97 Å². The standard InChI is InChI=1S/C25H26N2O8/c1-30-18-8-12(20-14(22(18)32-3)10-16(26-20)24(28)34-5)7-13-9-19(31-2)23(33-4)15-11-17(25(29)35-6)27-21(13)15/h8-11,26-27H,7H2,1-6H3. The van der Waals surface area contributed by atoms with Crippen LogP contribution in [-0.4, -0.2) is 64.6 Å². The van der Waals surface area contributed by atoms with E-state index in [1.807, 2.05) is 12.1 Å². The number of benzene rings is 2. The number of nitrogens with one attached hydrogen (secondary N) is 2. The minimum absolute atomic E-state index is 0.278. The van der Waals surface area contributed by atoms with Gasteiger partial charge in [-0.05, 0) is 35.4 Å². The number of aromatic nitrogens is 2. The summed E-state index contributed by atoms with van der Waals surface area (Å²) in [5.41, 5.74) is 3.56. The Hall–Kier alpha value is -4.34. The van der Waals surface area contributed by atoms with Crippen molar-refractivity contribution in [2.75, 3.05) is 42.7 Å². The molecule has 0 spiro atoms. The van der Waals surface area contributed by atoms with Gasteiger partial charge in [0, 0.05) is 17.2 Å². The summed E-state index contributed by atoms with van der Waals surface area (Å²) < 4.78 is 32.0. The molecule has 35 heavy (non-hydrogen) atoms. The molecule has 4 aromatic rings. The lowest BCUT2D eigenvalue weighted by Crippen LogP contribution is -2.01. The van der Waals surface area contributed by atoms with Gasteiger partial charge in [0.15, 0.2) is 23.0 Å². The van der Waals surface area contributed by atoms with Crippen molar-refractivity contribution >= 4 is 33.7 Å². The number of H-pyrrole nitrogens is 2. The van der Waals surface area contributed by atoms with Crippen LogP contribution in [0.5, 0.6) is 23.0 Å². The maximum absolute atomic E-state index is 12.2. The van der Waals surface area contributed by atoms with Crippen LogP contribution < -0.4 is 18.9 Å². The number of rotatable bonds is 8. The summed E-state index contributed by atoms with van der Waals surface area (Å²) >= 11 is 0. The predicted molar refractivity (Wildman–Crippen MR) is 128 cm³/mol. The summed E-state index contributed by atoms with van der Waals surface area (Å²) in [6.45, 7) is 0. The Morgan fingerprint density at radius 1 is 0.629 bits per heavy atom. The lowest BCUT2D eigenvalue weighted by molar-refractivity contribution is 0.0586. The minimum atomic E-state index is -0.506. The predicted octanol–water partition coefficient (Wildman–Crippen LogP) is 3.85. The van der Waals surface area contributed by atoms with Gasteiger partial charge in [-0.3, -0.25) is 0 Å². The highest BCUT2D eigenvalue weighted by Crippen LogP contribution is 2.42. The zero-order valence-electron chi connectivity index (χ0n) is 20.3. The molecule has 2 aromatic carbocycles. The van der Waals surface area contributed by atoms with Gasteiger partial charge in [-0.25, -0.2) is 9.59 Å². The highest BCUT2D eigenvalue weighted by molar-refractivity contribution is 6.01. The first kappa shape index (κ1) is 23.8. The molecule has 2 heterocycles. The normalized spacial score (nSPS) is 10.9. The van der Waals surface area contributed by atoms with Crippen LogP contribution in [0.3, 0.4) is 0 Å². The van der Waals surface area contributed by atoms with Crippen LogP contribution in [0.1, 0.15) is 32.1 Å². The molecule has 10 heteroatoms. The molecular weight excluding hydrogens is 456 g/mol. The Morgan fingerprint density at radius 2 is 1.03 bits per heavy atom. The molecule has 0 radical (unpaired) electrons. The summed E-state index contributed by atoms with van der Waals surface area (Å²) in [5.74, 6) is 0.973. The van der Waals surface area contributed by atoms with E-state index in [0.29, 0.717) is 51.2 Å². The molecule has 2 N–H and O–H groups in total. The molecule has 0 bridgehead atoms. The van der Waals surface area contributed by atoms with E-state index in [1.54, 1.807) is 26.4 Å². The highest BCUT2D eigenvalue weighted by atomic mass is 16.5. The van der Waals surface area contributed by atoms with E-state index in [4.69, 9.17) is 28.4 Å². The molecule has 0 saturated carbocycles. The van der Waals surface area contributed by atoms with E-state index in [0.717, 1.165) is 11.1 Å². The molecule has 10 nitrogen and oxygen atoms in total. The Balaban J connectivity index is 1.97. The van der Waals surface area contributed by atoms with Crippen molar-refractivity contribution < 1.29 is 38.0 Å². The fourth-order valence-electron chi connectivity index (χ4n) is 4.28. The third kappa shape index (κ3) is 3.96. The first-order chi connectivity index (χ1) is 16.9. The zero-order valence-corrected chi connectivity index (χ0v) is 20.3. The third-order valence-corrected chi connectivity index (χ3v) is 5.86. The summed E-state index contributed by atoms with van der Waals surface area (Å²) in [7, 11) is 8.79. The second kappa shape index (κ2) is 9.49. The van der Waals surface area contributed by atoms with E-state index in [9.17, 15) is 9.59 Å². The summed E-state index contributed by atoms with van der Waals surface area (Å²) in [6.07, 6.45) is 0.385. The molecule has 0 fully saturated rings. The second-order valence-electron chi connectivity index (χ2n) is 7.65. The lowest BCUT2D eigenvalue weighted by Gasteiger charge is -2.15. The highest BCUT2D eigenvalue weighted by Gasteiger charge is 2.23. The van der Waals surface area contributed by atoms with Crippen molar-refractivity contribution in [3.05, 3.63) is 46.8 Å². The summed E-state index contributed by atoms with van der Waals surface area (Å²) in [5, 5.41) is 1.33. The fourth-order valence-corrected chi connectivity index (χ4v) is 4.28. The SMILES string of the molecule is COC(=O)c1cc2c(OC)c(OC)cc(Cc3cc(OC)c(OC)c4cc(C(=O)OC)[nH]c34)c2[nH]1. The molecule has 0 amide bonds. The zero-order chi connectivity index (χ0) is 25.3. The molecule has 0 atom stereocenters. The molecule has 0 aliphatic rings. The summed E-state index contributed by atoms with van der Waals surface area (Å²) in [6, 6.07) is 7.01. The monoisotopic (exact) mass is 482 g/mol. The molecular formula is C25H26N2O8. The largest absolute Gasteiger partial charge is 0.493 e. The van der Waals surface area contributed by atoms with Crippen molar-refractivity contribution in [3.8, 4) is 23.0 Å². The number of hydrogen-bond donors (Lipinski definition) is 2. The molecule has 0 aliphatic carbocycles. The number of ether oxygens (including phenoxy) is 6. The second-order valence-corrected chi connectivity index (χ2v) is 7.65. The van der Waals surface area contributed by atoms with Gasteiger partial charge in [-0.1, -0.05) is 0 Å². The van der Waals surface area contributed by atoms with Gasteiger partial charge in [-0.2, -0.15) is 0 Å². The van der Waals surface area contributed by atoms with Gasteiger partial charge >= 0.3 is 11.9 Å². The quantitative estimate of drug-likeness (QED) is 0.363. The number of aromatic amines is 2. The number of fused-ring (bicyclic) bond motifs is 2.